The minimum atomic E-state index is -4.73. The zero-order valence-corrected chi connectivity index (χ0v) is 37.8. The Balaban J connectivity index is 2.50. The van der Waals surface area contributed by atoms with Crippen molar-refractivity contribution in [2.75, 3.05) is 26.4 Å². The highest BCUT2D eigenvalue weighted by Gasteiger charge is 2.41. The molecule has 0 amide bonds. The number of rotatable bonds is 38. The van der Waals surface area contributed by atoms with Crippen LogP contribution in [0.3, 0.4) is 0 Å². The summed E-state index contributed by atoms with van der Waals surface area (Å²) in [6.07, 6.45) is 27.0. The SMILES string of the molecule is CCCCC/C=C\C/C=C\C/C=C\CCCCCCC(=O)OC[C@H](COP(=O)(O)OC[C@@H](O)CO)OC(=O)CCCCC(=O)C[C@@H]1[C@@H](/C=C/[C@@H](O)CCCCC)[C@H](O)C[C@@H]1O. The number of carbonyl (C=O) groups is 3. The van der Waals surface area contributed by atoms with Gasteiger partial charge in [0.15, 0.2) is 6.10 Å². The van der Waals surface area contributed by atoms with Gasteiger partial charge in [-0.05, 0) is 64.2 Å². The quantitative estimate of drug-likeness (QED) is 0.0151. The number of phosphoric acid groups is 1. The second kappa shape index (κ2) is 35.9. The zero-order valence-electron chi connectivity index (χ0n) is 36.9. The molecule has 1 saturated carbocycles. The number of allylic oxidation sites excluding steroid dienone is 6. The van der Waals surface area contributed by atoms with E-state index >= 15 is 0 Å². The monoisotopic (exact) mass is 887 g/mol. The van der Waals surface area contributed by atoms with Crippen LogP contribution in [0, 0.1) is 11.8 Å². The molecule has 0 aliphatic heterocycles. The van der Waals surface area contributed by atoms with Crippen LogP contribution in [0.4, 0.5) is 0 Å². The topological polar surface area (TPSA) is 227 Å². The van der Waals surface area contributed by atoms with Gasteiger partial charge in [0.05, 0.1) is 38.1 Å². The van der Waals surface area contributed by atoms with Crippen LogP contribution in [-0.4, -0.2) is 105 Å². The van der Waals surface area contributed by atoms with Gasteiger partial charge in [0, 0.05) is 43.9 Å². The molecular formula is C46H79O14P. The molecule has 0 radical (unpaired) electrons. The Morgan fingerprint density at radius 1 is 0.705 bits per heavy atom. The lowest BCUT2D eigenvalue weighted by Gasteiger charge is -2.21. The first kappa shape index (κ1) is 56.5. The first-order chi connectivity index (χ1) is 29.3. The predicted octanol–water partition coefficient (Wildman–Crippen LogP) is 7.67. The van der Waals surface area contributed by atoms with Gasteiger partial charge in [-0.1, -0.05) is 107 Å². The Bertz CT molecular complexity index is 1330. The molecule has 0 spiro atoms. The molecule has 1 rings (SSSR count). The van der Waals surface area contributed by atoms with Crippen molar-refractivity contribution in [2.45, 2.75) is 186 Å². The lowest BCUT2D eigenvalue weighted by Crippen LogP contribution is -2.30. The van der Waals surface area contributed by atoms with Gasteiger partial charge < -0.3 is 39.9 Å². The maximum atomic E-state index is 12.9. The summed E-state index contributed by atoms with van der Waals surface area (Å²) in [7, 11) is -4.73. The average molecular weight is 887 g/mol. The summed E-state index contributed by atoms with van der Waals surface area (Å²) in [6.45, 7) is 1.78. The molecular weight excluding hydrogens is 807 g/mol. The number of ketones is 1. The van der Waals surface area contributed by atoms with Crippen LogP contribution in [0.5, 0.6) is 0 Å². The van der Waals surface area contributed by atoms with E-state index in [9.17, 15) is 44.3 Å². The zero-order chi connectivity index (χ0) is 45.1. The summed E-state index contributed by atoms with van der Waals surface area (Å²) in [6, 6.07) is 0. The molecule has 6 N–H and O–H groups in total. The lowest BCUT2D eigenvalue weighted by atomic mass is 9.87. The Morgan fingerprint density at radius 2 is 1.28 bits per heavy atom. The largest absolute Gasteiger partial charge is 0.472 e. The van der Waals surface area contributed by atoms with E-state index in [4.69, 9.17) is 19.1 Å². The molecule has 1 unspecified atom stereocenters. The number of carbonyl (C=O) groups excluding carboxylic acids is 3. The Labute approximate surface area is 365 Å². The highest BCUT2D eigenvalue weighted by atomic mass is 31.2. The van der Waals surface area contributed by atoms with Gasteiger partial charge in [0.1, 0.15) is 18.5 Å². The number of unbranched alkanes of at least 4 members (excludes halogenated alkanes) is 10. The molecule has 0 saturated heterocycles. The van der Waals surface area contributed by atoms with E-state index in [0.29, 0.717) is 19.3 Å². The molecule has 15 heteroatoms. The van der Waals surface area contributed by atoms with Crippen LogP contribution in [0.2, 0.25) is 0 Å². The fraction of sp³-hybridized carbons (Fsp3) is 0.761. The first-order valence-electron chi connectivity index (χ1n) is 22.8. The normalized spacial score (nSPS) is 20.8. The summed E-state index contributed by atoms with van der Waals surface area (Å²) in [4.78, 5) is 48.1. The van der Waals surface area contributed by atoms with E-state index < -0.39 is 88.5 Å². The minimum Gasteiger partial charge on any atom is -0.462 e. The van der Waals surface area contributed by atoms with E-state index in [1.807, 2.05) is 0 Å². The van der Waals surface area contributed by atoms with Crippen molar-refractivity contribution in [3.63, 3.8) is 0 Å². The fourth-order valence-corrected chi connectivity index (χ4v) is 7.61. The molecule has 352 valence electrons. The van der Waals surface area contributed by atoms with E-state index in [0.717, 1.165) is 64.2 Å². The van der Waals surface area contributed by atoms with E-state index in [-0.39, 0.29) is 44.3 Å². The third-order valence-electron chi connectivity index (χ3n) is 10.4. The third kappa shape index (κ3) is 30.2. The van der Waals surface area contributed by atoms with Crippen LogP contribution in [0.25, 0.3) is 0 Å². The van der Waals surface area contributed by atoms with Crippen molar-refractivity contribution < 1.29 is 67.9 Å². The molecule has 1 aliphatic carbocycles. The maximum Gasteiger partial charge on any atom is 0.472 e. The summed E-state index contributed by atoms with van der Waals surface area (Å²) < 4.78 is 32.6. The first-order valence-corrected chi connectivity index (χ1v) is 24.3. The van der Waals surface area contributed by atoms with Gasteiger partial charge in [0.25, 0.3) is 0 Å². The third-order valence-corrected chi connectivity index (χ3v) is 11.4. The van der Waals surface area contributed by atoms with E-state index in [1.54, 1.807) is 12.2 Å². The maximum absolute atomic E-state index is 12.9. The summed E-state index contributed by atoms with van der Waals surface area (Å²) in [5, 5.41) is 49.7. The fourth-order valence-electron chi connectivity index (χ4n) is 6.82. The number of esters is 2. The van der Waals surface area contributed by atoms with Crippen LogP contribution in [-0.2, 0) is 37.5 Å². The molecule has 0 bridgehead atoms. The van der Waals surface area contributed by atoms with Crippen molar-refractivity contribution in [1.82, 2.24) is 0 Å². The Morgan fingerprint density at radius 3 is 1.95 bits per heavy atom. The standard InChI is InChI=1S/C46H79O14P/c1-3-5-7-8-9-10-11-12-13-14-15-16-17-18-19-20-22-27-45(53)57-35-40(36-59-61(55,56)58-34-39(50)33-47)60-46(54)28-24-23-26-38(49)31-42-41(43(51)32-44(42)52)30-29-37(48)25-21-6-4-2/h9-10,12-13,15-16,29-30,37,39-44,47-48,50-52H,3-8,11,14,17-28,31-36H2,1-2H3,(H,55,56)/b10-9-,13-12-,16-15-,30-29+/t37-,39-,40+,41+,42+,43+,44-/m0/s1. The van der Waals surface area contributed by atoms with E-state index in [2.05, 4.69) is 54.8 Å². The summed E-state index contributed by atoms with van der Waals surface area (Å²) in [5.74, 6) is -2.33. The van der Waals surface area contributed by atoms with Gasteiger partial charge in [0.2, 0.25) is 0 Å². The average Bonchev–Trinajstić information content (AvgIpc) is 3.49. The number of aliphatic hydroxyl groups is 5. The molecule has 1 fully saturated rings. The van der Waals surface area contributed by atoms with Crippen LogP contribution in [0.15, 0.2) is 48.6 Å². The second-order valence-electron chi connectivity index (χ2n) is 16.0. The van der Waals surface area contributed by atoms with Crippen molar-refractivity contribution >= 4 is 25.5 Å². The van der Waals surface area contributed by atoms with Gasteiger partial charge >= 0.3 is 19.8 Å². The highest BCUT2D eigenvalue weighted by Crippen LogP contribution is 2.43. The van der Waals surface area contributed by atoms with Gasteiger partial charge in [-0.25, -0.2) is 4.57 Å². The highest BCUT2D eigenvalue weighted by molar-refractivity contribution is 7.47. The van der Waals surface area contributed by atoms with Crippen LogP contribution in [0.1, 0.15) is 155 Å². The molecule has 0 aromatic rings. The minimum absolute atomic E-state index is 0.0419. The number of aliphatic hydroxyl groups excluding tert-OH is 5. The number of ether oxygens (including phenoxy) is 2. The van der Waals surface area contributed by atoms with Crippen molar-refractivity contribution in [1.29, 1.82) is 0 Å². The summed E-state index contributed by atoms with van der Waals surface area (Å²) >= 11 is 0. The number of Topliss-reactive ketones (excluding diaryl/α,β-unsaturated/α-hetero) is 1. The lowest BCUT2D eigenvalue weighted by molar-refractivity contribution is -0.161. The van der Waals surface area contributed by atoms with Crippen LogP contribution >= 0.6 is 7.82 Å². The predicted molar refractivity (Wildman–Crippen MR) is 235 cm³/mol. The molecule has 14 nitrogen and oxygen atoms in total. The number of phosphoric ester groups is 1. The number of hydrogen-bond acceptors (Lipinski definition) is 13. The number of hydrogen-bond donors (Lipinski definition) is 6. The van der Waals surface area contributed by atoms with Crippen molar-refractivity contribution in [2.24, 2.45) is 11.8 Å². The van der Waals surface area contributed by atoms with E-state index in [1.165, 1.54) is 19.3 Å². The Hall–Kier alpha value is -2.52. The van der Waals surface area contributed by atoms with Gasteiger partial charge in [-0.2, -0.15) is 0 Å². The van der Waals surface area contributed by atoms with Crippen molar-refractivity contribution in [3.05, 3.63) is 48.6 Å². The molecule has 1 aliphatic rings. The van der Waals surface area contributed by atoms with Crippen LogP contribution < -0.4 is 0 Å². The van der Waals surface area contributed by atoms with Crippen molar-refractivity contribution in [3.8, 4) is 0 Å². The molecule has 8 atom stereocenters. The molecule has 0 aromatic carbocycles. The molecule has 0 heterocycles. The summed E-state index contributed by atoms with van der Waals surface area (Å²) in [5.41, 5.74) is 0. The molecule has 61 heavy (non-hydrogen) atoms. The second-order valence-corrected chi connectivity index (χ2v) is 17.5. The van der Waals surface area contributed by atoms with Gasteiger partial charge in [-0.3, -0.25) is 23.4 Å². The molecule has 0 aromatic heterocycles. The van der Waals surface area contributed by atoms with Gasteiger partial charge in [-0.15, -0.1) is 0 Å². The smallest absolute Gasteiger partial charge is 0.462 e. The Kier molecular flexibility index (Phi) is 33.2.